The molecule has 2 heterocycles. The van der Waals surface area contributed by atoms with E-state index in [1.165, 1.54) is 0 Å². The van der Waals surface area contributed by atoms with Crippen molar-refractivity contribution in [1.29, 1.82) is 0 Å². The largest absolute Gasteiger partial charge is 0.370 e. The number of aromatic nitrogens is 3. The molecule has 1 aromatic heterocycles. The topological polar surface area (TPSA) is 60.2 Å². The van der Waals surface area contributed by atoms with Crippen molar-refractivity contribution >= 4 is 5.91 Å². The molecule has 1 atom stereocenters. The van der Waals surface area contributed by atoms with Gasteiger partial charge in [0, 0.05) is 19.0 Å². The van der Waals surface area contributed by atoms with E-state index in [0.717, 1.165) is 43.6 Å². The standard InChI is InChI=1S/C20H24N4O2/c25-20(17-8-4-5-9-17)23-11-10-19(13-23)24-12-18(21-22-24)15-26-14-16-6-2-1-3-7-16/h1-7,12,17,19H,8-11,13-15H2. The lowest BCUT2D eigenvalue weighted by Crippen LogP contribution is -2.33. The molecule has 1 aliphatic carbocycles. The minimum Gasteiger partial charge on any atom is -0.370 e. The van der Waals surface area contributed by atoms with Crippen LogP contribution in [0.15, 0.2) is 48.7 Å². The summed E-state index contributed by atoms with van der Waals surface area (Å²) in [6.07, 6.45) is 8.85. The van der Waals surface area contributed by atoms with E-state index in [1.54, 1.807) is 0 Å². The summed E-state index contributed by atoms with van der Waals surface area (Å²) in [6, 6.07) is 10.3. The van der Waals surface area contributed by atoms with Crippen LogP contribution in [0.2, 0.25) is 0 Å². The zero-order valence-electron chi connectivity index (χ0n) is 14.8. The molecular weight excluding hydrogens is 328 g/mol. The van der Waals surface area contributed by atoms with Crippen LogP contribution in [0.25, 0.3) is 0 Å². The van der Waals surface area contributed by atoms with Crippen LogP contribution in [-0.4, -0.2) is 38.9 Å². The molecule has 1 aliphatic heterocycles. The smallest absolute Gasteiger partial charge is 0.226 e. The Labute approximate surface area is 153 Å². The van der Waals surface area contributed by atoms with Gasteiger partial charge in [0.15, 0.2) is 0 Å². The van der Waals surface area contributed by atoms with E-state index in [4.69, 9.17) is 4.74 Å². The van der Waals surface area contributed by atoms with Gasteiger partial charge in [0.2, 0.25) is 5.91 Å². The molecule has 1 aromatic carbocycles. The van der Waals surface area contributed by atoms with Crippen LogP contribution < -0.4 is 0 Å². The predicted octanol–water partition coefficient (Wildman–Crippen LogP) is 2.73. The number of hydrogen-bond acceptors (Lipinski definition) is 4. The van der Waals surface area contributed by atoms with E-state index < -0.39 is 0 Å². The molecule has 0 saturated carbocycles. The van der Waals surface area contributed by atoms with Gasteiger partial charge in [-0.15, -0.1) is 5.10 Å². The van der Waals surface area contributed by atoms with Gasteiger partial charge in [-0.2, -0.15) is 0 Å². The first-order valence-corrected chi connectivity index (χ1v) is 9.26. The number of likely N-dealkylation sites (tertiary alicyclic amines) is 1. The van der Waals surface area contributed by atoms with Gasteiger partial charge in [-0.1, -0.05) is 47.7 Å². The van der Waals surface area contributed by atoms with Crippen molar-refractivity contribution in [2.24, 2.45) is 5.92 Å². The van der Waals surface area contributed by atoms with E-state index in [-0.39, 0.29) is 17.9 Å². The van der Waals surface area contributed by atoms with Crippen molar-refractivity contribution < 1.29 is 9.53 Å². The summed E-state index contributed by atoms with van der Waals surface area (Å²) in [7, 11) is 0. The van der Waals surface area contributed by atoms with Crippen LogP contribution >= 0.6 is 0 Å². The highest BCUT2D eigenvalue weighted by Crippen LogP contribution is 2.26. The molecule has 1 unspecified atom stereocenters. The maximum Gasteiger partial charge on any atom is 0.226 e. The Kier molecular flexibility index (Phi) is 5.11. The third-order valence-electron chi connectivity index (χ3n) is 5.13. The fourth-order valence-corrected chi connectivity index (χ4v) is 3.64. The molecule has 0 N–H and O–H groups in total. The minimum atomic E-state index is 0.145. The Balaban J connectivity index is 1.27. The summed E-state index contributed by atoms with van der Waals surface area (Å²) in [5.41, 5.74) is 1.97. The summed E-state index contributed by atoms with van der Waals surface area (Å²) >= 11 is 0. The zero-order chi connectivity index (χ0) is 17.8. The lowest BCUT2D eigenvalue weighted by molar-refractivity contribution is -0.134. The summed E-state index contributed by atoms with van der Waals surface area (Å²) in [5, 5.41) is 8.47. The molecule has 2 aliphatic rings. The first kappa shape index (κ1) is 17.0. The van der Waals surface area contributed by atoms with Crippen LogP contribution in [0.3, 0.4) is 0 Å². The van der Waals surface area contributed by atoms with Gasteiger partial charge in [-0.25, -0.2) is 4.68 Å². The molecule has 1 amide bonds. The molecule has 26 heavy (non-hydrogen) atoms. The number of amides is 1. The molecule has 0 radical (unpaired) electrons. The maximum atomic E-state index is 12.5. The lowest BCUT2D eigenvalue weighted by atomic mass is 10.1. The lowest BCUT2D eigenvalue weighted by Gasteiger charge is -2.20. The van der Waals surface area contributed by atoms with Crippen LogP contribution in [0.5, 0.6) is 0 Å². The van der Waals surface area contributed by atoms with Crippen LogP contribution in [0.4, 0.5) is 0 Å². The fourth-order valence-electron chi connectivity index (χ4n) is 3.64. The highest BCUT2D eigenvalue weighted by atomic mass is 16.5. The van der Waals surface area contributed by atoms with Gasteiger partial charge in [0.1, 0.15) is 5.69 Å². The molecule has 0 spiro atoms. The van der Waals surface area contributed by atoms with Crippen LogP contribution in [0, 0.1) is 5.92 Å². The second-order valence-electron chi connectivity index (χ2n) is 7.03. The van der Waals surface area contributed by atoms with Crippen LogP contribution in [0.1, 0.15) is 36.6 Å². The first-order valence-electron chi connectivity index (χ1n) is 9.26. The summed E-state index contributed by atoms with van der Waals surface area (Å²) in [5.74, 6) is 0.426. The minimum absolute atomic E-state index is 0.145. The Bertz CT molecular complexity index is 763. The molecule has 0 bridgehead atoms. The van der Waals surface area contributed by atoms with Gasteiger partial charge in [0.25, 0.3) is 0 Å². The van der Waals surface area contributed by atoms with Crippen molar-refractivity contribution in [1.82, 2.24) is 19.9 Å². The van der Waals surface area contributed by atoms with Crippen molar-refractivity contribution in [3.8, 4) is 0 Å². The summed E-state index contributed by atoms with van der Waals surface area (Å²) in [4.78, 5) is 14.5. The van der Waals surface area contributed by atoms with Crippen molar-refractivity contribution in [3.05, 3.63) is 59.9 Å². The number of ether oxygens (including phenoxy) is 1. The van der Waals surface area contributed by atoms with E-state index in [9.17, 15) is 4.79 Å². The number of benzene rings is 1. The van der Waals surface area contributed by atoms with Crippen molar-refractivity contribution in [2.75, 3.05) is 13.1 Å². The number of nitrogens with zero attached hydrogens (tertiary/aromatic N) is 4. The number of carbonyl (C=O) groups excluding carboxylic acids is 1. The van der Waals surface area contributed by atoms with E-state index >= 15 is 0 Å². The quantitative estimate of drug-likeness (QED) is 0.750. The number of carbonyl (C=O) groups is 1. The Morgan fingerprint density at radius 1 is 1.15 bits per heavy atom. The van der Waals surface area contributed by atoms with E-state index in [1.807, 2.05) is 46.1 Å². The van der Waals surface area contributed by atoms with Gasteiger partial charge >= 0.3 is 0 Å². The fraction of sp³-hybridized carbons (Fsp3) is 0.450. The highest BCUT2D eigenvalue weighted by molar-refractivity contribution is 5.80. The number of hydrogen-bond donors (Lipinski definition) is 0. The molecule has 136 valence electrons. The Hall–Kier alpha value is -2.47. The number of rotatable bonds is 6. The molecule has 1 saturated heterocycles. The molecule has 6 heteroatoms. The van der Waals surface area contributed by atoms with Crippen LogP contribution in [-0.2, 0) is 22.7 Å². The first-order chi connectivity index (χ1) is 12.8. The van der Waals surface area contributed by atoms with Gasteiger partial charge in [-0.05, 0) is 24.8 Å². The number of allylic oxidation sites excluding steroid dienone is 2. The molecule has 1 fully saturated rings. The zero-order valence-corrected chi connectivity index (χ0v) is 14.8. The molecular formula is C20H24N4O2. The summed E-state index contributed by atoms with van der Waals surface area (Å²) in [6.45, 7) is 2.54. The van der Waals surface area contributed by atoms with E-state index in [2.05, 4.69) is 22.5 Å². The van der Waals surface area contributed by atoms with Crippen molar-refractivity contribution in [2.45, 2.75) is 38.5 Å². The third-order valence-corrected chi connectivity index (χ3v) is 5.13. The average Bonchev–Trinajstić information content (AvgIpc) is 3.42. The Morgan fingerprint density at radius 2 is 1.96 bits per heavy atom. The highest BCUT2D eigenvalue weighted by Gasteiger charge is 2.32. The SMILES string of the molecule is O=C(C1CC=CC1)N1CCC(n2cc(COCc3ccccc3)nn2)C1. The van der Waals surface area contributed by atoms with Gasteiger partial charge in [-0.3, -0.25) is 4.79 Å². The Morgan fingerprint density at radius 3 is 2.77 bits per heavy atom. The molecule has 6 nitrogen and oxygen atoms in total. The van der Waals surface area contributed by atoms with E-state index in [0.29, 0.717) is 13.2 Å². The second kappa shape index (κ2) is 7.83. The van der Waals surface area contributed by atoms with Crippen molar-refractivity contribution in [3.63, 3.8) is 0 Å². The third kappa shape index (κ3) is 3.85. The maximum absolute atomic E-state index is 12.5. The molecule has 2 aromatic rings. The average molecular weight is 352 g/mol. The van der Waals surface area contributed by atoms with Gasteiger partial charge in [0.05, 0.1) is 25.5 Å². The monoisotopic (exact) mass is 352 g/mol. The molecule has 4 rings (SSSR count). The second-order valence-corrected chi connectivity index (χ2v) is 7.03. The summed E-state index contributed by atoms with van der Waals surface area (Å²) < 4.78 is 7.61. The predicted molar refractivity (Wildman–Crippen MR) is 97.1 cm³/mol. The normalized spacial score (nSPS) is 20.2. The van der Waals surface area contributed by atoms with Gasteiger partial charge < -0.3 is 9.64 Å².